The van der Waals surface area contributed by atoms with E-state index in [1.54, 1.807) is 37.3 Å². The number of nitro benzene ring substituents is 1. The number of hydrogen-bond acceptors (Lipinski definition) is 4. The third-order valence-corrected chi connectivity index (χ3v) is 3.96. The van der Waals surface area contributed by atoms with Gasteiger partial charge in [0.2, 0.25) is 5.91 Å². The molecule has 0 saturated heterocycles. The Morgan fingerprint density at radius 2 is 1.85 bits per heavy atom. The van der Waals surface area contributed by atoms with Gasteiger partial charge in [0.05, 0.1) is 16.3 Å². The van der Waals surface area contributed by atoms with Crippen molar-refractivity contribution in [3.8, 4) is 5.69 Å². The standard InChI is InChI=1S/C19H17FN4O3/c1-13-12-18(21-19(25)11-4-14-2-5-15(20)6-3-14)23(22-13)16-7-9-17(10-8-16)24(26)27/h2-3,5-10,12H,4,11H2,1H3,(H,21,25). The average molecular weight is 368 g/mol. The molecule has 7 nitrogen and oxygen atoms in total. The summed E-state index contributed by atoms with van der Waals surface area (Å²) in [5.74, 6) is -0.0430. The molecule has 0 bridgehead atoms. The number of benzene rings is 2. The summed E-state index contributed by atoms with van der Waals surface area (Å²) in [5, 5.41) is 17.9. The molecule has 27 heavy (non-hydrogen) atoms. The number of nitro groups is 1. The number of carbonyl (C=O) groups is 1. The first-order valence-electron chi connectivity index (χ1n) is 8.28. The Morgan fingerprint density at radius 3 is 2.48 bits per heavy atom. The number of non-ortho nitro benzene ring substituents is 1. The predicted octanol–water partition coefficient (Wildman–Crippen LogP) is 3.80. The van der Waals surface area contributed by atoms with Crippen LogP contribution in [0.2, 0.25) is 0 Å². The predicted molar refractivity (Wildman–Crippen MR) is 98.3 cm³/mol. The maximum Gasteiger partial charge on any atom is 0.269 e. The van der Waals surface area contributed by atoms with Crippen LogP contribution in [0.3, 0.4) is 0 Å². The Balaban J connectivity index is 1.70. The van der Waals surface area contributed by atoms with Crippen LogP contribution in [0.4, 0.5) is 15.9 Å². The number of halogens is 1. The average Bonchev–Trinajstić information content (AvgIpc) is 3.01. The van der Waals surface area contributed by atoms with Crippen molar-refractivity contribution in [2.45, 2.75) is 19.8 Å². The number of anilines is 1. The summed E-state index contributed by atoms with van der Waals surface area (Å²) < 4.78 is 14.4. The zero-order chi connectivity index (χ0) is 19.4. The van der Waals surface area contributed by atoms with Gasteiger partial charge in [0.15, 0.2) is 0 Å². The summed E-state index contributed by atoms with van der Waals surface area (Å²) in [6.45, 7) is 1.79. The highest BCUT2D eigenvalue weighted by atomic mass is 19.1. The molecule has 0 fully saturated rings. The van der Waals surface area contributed by atoms with E-state index >= 15 is 0 Å². The Labute approximate surface area is 154 Å². The molecule has 3 aromatic rings. The summed E-state index contributed by atoms with van der Waals surface area (Å²) in [4.78, 5) is 22.6. The van der Waals surface area contributed by atoms with Crippen LogP contribution in [-0.4, -0.2) is 20.6 Å². The van der Waals surface area contributed by atoms with Crippen LogP contribution in [0.1, 0.15) is 17.7 Å². The van der Waals surface area contributed by atoms with Gasteiger partial charge in [0.1, 0.15) is 11.6 Å². The molecule has 8 heteroatoms. The number of carbonyl (C=O) groups excluding carboxylic acids is 1. The molecule has 1 amide bonds. The van der Waals surface area contributed by atoms with Crippen molar-refractivity contribution in [1.82, 2.24) is 9.78 Å². The van der Waals surface area contributed by atoms with Gasteiger partial charge in [-0.05, 0) is 43.2 Å². The van der Waals surface area contributed by atoms with Gasteiger partial charge in [0.25, 0.3) is 5.69 Å². The maximum atomic E-state index is 12.9. The molecule has 1 aromatic heterocycles. The third-order valence-electron chi connectivity index (χ3n) is 3.96. The maximum absolute atomic E-state index is 12.9. The Hall–Kier alpha value is -3.55. The fourth-order valence-electron chi connectivity index (χ4n) is 2.62. The second-order valence-electron chi connectivity index (χ2n) is 6.03. The van der Waals surface area contributed by atoms with Gasteiger partial charge in [-0.3, -0.25) is 14.9 Å². The van der Waals surface area contributed by atoms with E-state index in [2.05, 4.69) is 10.4 Å². The first-order chi connectivity index (χ1) is 12.9. The number of nitrogens with one attached hydrogen (secondary N) is 1. The van der Waals surface area contributed by atoms with Gasteiger partial charge in [-0.15, -0.1) is 0 Å². The highest BCUT2D eigenvalue weighted by Gasteiger charge is 2.12. The smallest absolute Gasteiger partial charge is 0.269 e. The lowest BCUT2D eigenvalue weighted by Gasteiger charge is -2.09. The molecule has 0 radical (unpaired) electrons. The Kier molecular flexibility index (Phi) is 5.25. The van der Waals surface area contributed by atoms with Crippen LogP contribution in [0.25, 0.3) is 5.69 Å². The molecule has 2 aromatic carbocycles. The van der Waals surface area contributed by atoms with E-state index in [0.717, 1.165) is 5.56 Å². The number of hydrogen-bond donors (Lipinski definition) is 1. The second-order valence-corrected chi connectivity index (χ2v) is 6.03. The van der Waals surface area contributed by atoms with Crippen LogP contribution in [0.5, 0.6) is 0 Å². The van der Waals surface area contributed by atoms with Crippen molar-refractivity contribution in [1.29, 1.82) is 0 Å². The Bertz CT molecular complexity index is 966. The molecule has 0 saturated carbocycles. The van der Waals surface area contributed by atoms with E-state index in [1.807, 2.05) is 0 Å². The van der Waals surface area contributed by atoms with Crippen LogP contribution in [0, 0.1) is 22.9 Å². The monoisotopic (exact) mass is 368 g/mol. The van der Waals surface area contributed by atoms with Crippen molar-refractivity contribution < 1.29 is 14.1 Å². The quantitative estimate of drug-likeness (QED) is 0.529. The number of nitrogens with zero attached hydrogens (tertiary/aromatic N) is 3. The summed E-state index contributed by atoms with van der Waals surface area (Å²) >= 11 is 0. The van der Waals surface area contributed by atoms with E-state index in [-0.39, 0.29) is 23.8 Å². The molecule has 3 rings (SSSR count). The lowest BCUT2D eigenvalue weighted by molar-refractivity contribution is -0.384. The van der Waals surface area contributed by atoms with Crippen molar-refractivity contribution in [3.63, 3.8) is 0 Å². The number of rotatable bonds is 6. The number of aromatic nitrogens is 2. The van der Waals surface area contributed by atoms with E-state index < -0.39 is 4.92 Å². The minimum atomic E-state index is -0.476. The summed E-state index contributed by atoms with van der Waals surface area (Å²) in [7, 11) is 0. The van der Waals surface area contributed by atoms with Crippen molar-refractivity contribution in [2.24, 2.45) is 0 Å². The molecule has 1 N–H and O–H groups in total. The van der Waals surface area contributed by atoms with E-state index in [1.165, 1.54) is 28.9 Å². The molecule has 1 heterocycles. The lowest BCUT2D eigenvalue weighted by Crippen LogP contribution is -2.15. The molecular formula is C19H17FN4O3. The van der Waals surface area contributed by atoms with Crippen molar-refractivity contribution in [2.75, 3.05) is 5.32 Å². The highest BCUT2D eigenvalue weighted by molar-refractivity contribution is 5.90. The molecule has 0 spiro atoms. The minimum absolute atomic E-state index is 0.0208. The number of amides is 1. The van der Waals surface area contributed by atoms with Crippen molar-refractivity contribution >= 4 is 17.4 Å². The van der Waals surface area contributed by atoms with E-state index in [4.69, 9.17) is 0 Å². The van der Waals surface area contributed by atoms with E-state index in [0.29, 0.717) is 23.6 Å². The van der Waals surface area contributed by atoms with Crippen LogP contribution >= 0.6 is 0 Å². The van der Waals surface area contributed by atoms with E-state index in [9.17, 15) is 19.3 Å². The molecule has 0 atom stereocenters. The van der Waals surface area contributed by atoms with Crippen molar-refractivity contribution in [3.05, 3.63) is 81.8 Å². The largest absolute Gasteiger partial charge is 0.311 e. The zero-order valence-electron chi connectivity index (χ0n) is 14.6. The van der Waals surface area contributed by atoms with Crippen LogP contribution in [-0.2, 0) is 11.2 Å². The Morgan fingerprint density at radius 1 is 1.19 bits per heavy atom. The SMILES string of the molecule is Cc1cc(NC(=O)CCc2ccc(F)cc2)n(-c2ccc([N+](=O)[O-])cc2)n1. The lowest BCUT2D eigenvalue weighted by atomic mass is 10.1. The molecule has 0 aliphatic heterocycles. The molecular weight excluding hydrogens is 351 g/mol. The first kappa shape index (κ1) is 18.2. The normalized spacial score (nSPS) is 10.6. The topological polar surface area (TPSA) is 90.1 Å². The van der Waals surface area contributed by atoms with Gasteiger partial charge >= 0.3 is 0 Å². The summed E-state index contributed by atoms with van der Waals surface area (Å²) in [5.41, 5.74) is 2.14. The second kappa shape index (κ2) is 7.77. The summed E-state index contributed by atoms with van der Waals surface area (Å²) in [6, 6.07) is 13.6. The highest BCUT2D eigenvalue weighted by Crippen LogP contribution is 2.20. The first-order valence-corrected chi connectivity index (χ1v) is 8.28. The van der Waals surface area contributed by atoms with Gasteiger partial charge in [0, 0.05) is 24.6 Å². The van der Waals surface area contributed by atoms with Gasteiger partial charge < -0.3 is 5.32 Å². The number of aryl methyl sites for hydroxylation is 2. The summed E-state index contributed by atoms with van der Waals surface area (Å²) in [6.07, 6.45) is 0.715. The molecule has 0 aliphatic rings. The fraction of sp³-hybridized carbons (Fsp3) is 0.158. The molecule has 0 unspecified atom stereocenters. The van der Waals surface area contributed by atoms with Gasteiger partial charge in [-0.25, -0.2) is 9.07 Å². The van der Waals surface area contributed by atoms with Crippen LogP contribution < -0.4 is 5.32 Å². The molecule has 0 aliphatic carbocycles. The third kappa shape index (κ3) is 4.55. The fourth-order valence-corrected chi connectivity index (χ4v) is 2.62. The van der Waals surface area contributed by atoms with Crippen LogP contribution in [0.15, 0.2) is 54.6 Å². The molecule has 138 valence electrons. The van der Waals surface area contributed by atoms with Gasteiger partial charge in [-0.1, -0.05) is 12.1 Å². The minimum Gasteiger partial charge on any atom is -0.311 e. The van der Waals surface area contributed by atoms with Gasteiger partial charge in [-0.2, -0.15) is 5.10 Å². The zero-order valence-corrected chi connectivity index (χ0v) is 14.6.